The van der Waals surface area contributed by atoms with Crippen molar-refractivity contribution >= 4 is 22.5 Å². The quantitative estimate of drug-likeness (QED) is 0.340. The summed E-state index contributed by atoms with van der Waals surface area (Å²) in [6, 6.07) is 14.0. The molecule has 1 amide bonds. The van der Waals surface area contributed by atoms with Crippen LogP contribution in [0.3, 0.4) is 0 Å². The molecule has 0 aliphatic heterocycles. The molecule has 1 atom stereocenters. The normalized spacial score (nSPS) is 12.9. The van der Waals surface area contributed by atoms with Crippen molar-refractivity contribution < 1.29 is 6.17 Å². The molecule has 0 saturated carbocycles. The van der Waals surface area contributed by atoms with Gasteiger partial charge in [0.1, 0.15) is 11.4 Å². The lowest BCUT2D eigenvalue weighted by Crippen LogP contribution is -2.33. The molecular weight excluding hydrogens is 516 g/mol. The van der Waals surface area contributed by atoms with E-state index in [2.05, 4.69) is 32.3 Å². The standard InChI is InChI=1S/C31H26N8O2/c1-19-26(29-32-16-9-17-38(29)36-19)30(40)34-20(2)28-35-25-13-8-10-22(14-15-23-18-33-37(4)21(23)3)27(25)31(41)39(28)24-11-6-5-7-12-24/h5-13,16-18,20H,1-4H3,(H,34,40)/t20-/m0/s1/i20D. The maximum absolute atomic E-state index is 14.3. The first-order chi connectivity index (χ1) is 20.2. The van der Waals surface area contributed by atoms with Gasteiger partial charge in [0, 0.05) is 25.0 Å². The van der Waals surface area contributed by atoms with Crippen LogP contribution in [0.1, 0.15) is 53.0 Å². The molecule has 0 bridgehead atoms. The summed E-state index contributed by atoms with van der Waals surface area (Å²) in [4.78, 5) is 36.9. The first kappa shape index (κ1) is 24.5. The first-order valence-corrected chi connectivity index (χ1v) is 12.9. The van der Waals surface area contributed by atoms with Gasteiger partial charge in [-0.25, -0.2) is 14.5 Å². The van der Waals surface area contributed by atoms with E-state index in [4.69, 9.17) is 4.98 Å². The molecule has 0 radical (unpaired) electrons. The van der Waals surface area contributed by atoms with Crippen molar-refractivity contribution in [3.63, 3.8) is 0 Å². The van der Waals surface area contributed by atoms with Crippen LogP contribution >= 0.6 is 0 Å². The van der Waals surface area contributed by atoms with Crippen molar-refractivity contribution in [1.82, 2.24) is 39.2 Å². The topological polar surface area (TPSA) is 112 Å². The summed E-state index contributed by atoms with van der Waals surface area (Å²) >= 11 is 0. The molecule has 0 fully saturated rings. The minimum absolute atomic E-state index is 0.0369. The molecule has 0 aliphatic rings. The number of rotatable bonds is 4. The zero-order valence-electron chi connectivity index (χ0n) is 23.9. The Balaban J connectivity index is 1.52. The lowest BCUT2D eigenvalue weighted by molar-refractivity contribution is 0.0938. The van der Waals surface area contributed by atoms with Gasteiger partial charge in [-0.1, -0.05) is 36.1 Å². The van der Waals surface area contributed by atoms with Crippen molar-refractivity contribution in [1.29, 1.82) is 0 Å². The van der Waals surface area contributed by atoms with E-state index in [0.717, 1.165) is 11.3 Å². The summed E-state index contributed by atoms with van der Waals surface area (Å²) in [5.41, 5.74) is 3.67. The number of aryl methyl sites for hydroxylation is 2. The van der Waals surface area contributed by atoms with E-state index in [9.17, 15) is 11.0 Å². The zero-order chi connectivity index (χ0) is 29.6. The van der Waals surface area contributed by atoms with Crippen molar-refractivity contribution in [2.45, 2.75) is 26.8 Å². The molecular formula is C31H26N8O2. The number of nitrogens with one attached hydrogen (secondary N) is 1. The number of hydrogen-bond donors (Lipinski definition) is 1. The maximum atomic E-state index is 14.3. The Labute approximate surface area is 236 Å². The summed E-state index contributed by atoms with van der Waals surface area (Å²) in [5.74, 6) is 5.72. The van der Waals surface area contributed by atoms with Gasteiger partial charge in [-0.3, -0.25) is 18.8 Å². The van der Waals surface area contributed by atoms with Crippen LogP contribution in [-0.2, 0) is 7.05 Å². The van der Waals surface area contributed by atoms with Crippen LogP contribution in [0.25, 0.3) is 22.2 Å². The molecule has 2 aromatic carbocycles. The average Bonchev–Trinajstić information content (AvgIpc) is 3.48. The predicted octanol–water partition coefficient (Wildman–Crippen LogP) is 3.67. The van der Waals surface area contributed by atoms with Gasteiger partial charge in [-0.15, -0.1) is 0 Å². The minimum atomic E-state index is -1.83. The second kappa shape index (κ2) is 10.2. The van der Waals surface area contributed by atoms with Crippen molar-refractivity contribution in [3.8, 4) is 17.5 Å². The Morgan fingerprint density at radius 2 is 1.83 bits per heavy atom. The fourth-order valence-corrected chi connectivity index (χ4v) is 4.71. The summed E-state index contributed by atoms with van der Waals surface area (Å²) in [6.07, 6.45) is 4.95. The zero-order valence-corrected chi connectivity index (χ0v) is 22.9. The molecule has 10 heteroatoms. The number of para-hydroxylation sites is 1. The third-order valence-corrected chi connectivity index (χ3v) is 6.91. The summed E-state index contributed by atoms with van der Waals surface area (Å²) in [5, 5.41) is 11.7. The van der Waals surface area contributed by atoms with Gasteiger partial charge in [0.15, 0.2) is 5.65 Å². The lowest BCUT2D eigenvalue weighted by atomic mass is 10.1. The Bertz CT molecular complexity index is 2130. The van der Waals surface area contributed by atoms with Crippen molar-refractivity contribution in [2.24, 2.45) is 7.05 Å². The average molecular weight is 544 g/mol. The van der Waals surface area contributed by atoms with E-state index in [0.29, 0.717) is 33.5 Å². The van der Waals surface area contributed by atoms with Gasteiger partial charge in [0.25, 0.3) is 11.5 Å². The summed E-state index contributed by atoms with van der Waals surface area (Å²) < 4.78 is 13.9. The fourth-order valence-electron chi connectivity index (χ4n) is 4.71. The molecule has 0 aliphatic carbocycles. The molecule has 41 heavy (non-hydrogen) atoms. The summed E-state index contributed by atoms with van der Waals surface area (Å²) in [6.45, 7) is 5.11. The van der Waals surface area contributed by atoms with Gasteiger partial charge < -0.3 is 5.32 Å². The third kappa shape index (κ3) is 4.53. The number of amides is 1. The molecule has 0 saturated heterocycles. The first-order valence-electron chi connectivity index (χ1n) is 13.4. The SMILES string of the molecule is [2H][C@@](C)(NC(=O)c1c(C)nn2cccnc12)c1nc2cccc(C#Cc3cnn(C)c3C)c2c(=O)n1-c1ccccc1. The molecule has 10 nitrogen and oxygen atoms in total. The minimum Gasteiger partial charge on any atom is -0.342 e. The van der Waals surface area contributed by atoms with Crippen LogP contribution < -0.4 is 10.9 Å². The highest BCUT2D eigenvalue weighted by Gasteiger charge is 2.24. The van der Waals surface area contributed by atoms with Crippen LogP contribution in [-0.4, -0.2) is 39.8 Å². The number of nitrogens with zero attached hydrogens (tertiary/aromatic N) is 7. The molecule has 6 aromatic rings. The Kier molecular flexibility index (Phi) is 6.09. The number of carbonyl (C=O) groups excluding carboxylic acids is 1. The van der Waals surface area contributed by atoms with E-state index >= 15 is 0 Å². The van der Waals surface area contributed by atoms with E-state index in [1.54, 1.807) is 78.7 Å². The number of aromatic nitrogens is 7. The molecule has 4 aromatic heterocycles. The highest BCUT2D eigenvalue weighted by molar-refractivity contribution is 6.01. The highest BCUT2D eigenvalue weighted by Crippen LogP contribution is 2.21. The van der Waals surface area contributed by atoms with Gasteiger partial charge in [0.05, 0.1) is 47.1 Å². The second-order valence-electron chi connectivity index (χ2n) is 9.56. The third-order valence-electron chi connectivity index (χ3n) is 6.91. The molecule has 202 valence electrons. The van der Waals surface area contributed by atoms with Crippen LogP contribution in [0.4, 0.5) is 0 Å². The van der Waals surface area contributed by atoms with Crippen molar-refractivity contribution in [3.05, 3.63) is 117 Å². The van der Waals surface area contributed by atoms with Crippen LogP contribution in [0.2, 0.25) is 0 Å². The molecule has 6 rings (SSSR count). The Hall–Kier alpha value is -5.56. The van der Waals surface area contributed by atoms with Crippen LogP contribution in [0.5, 0.6) is 0 Å². The van der Waals surface area contributed by atoms with Crippen LogP contribution in [0.15, 0.2) is 78.0 Å². The van der Waals surface area contributed by atoms with Gasteiger partial charge in [0.2, 0.25) is 0 Å². The van der Waals surface area contributed by atoms with Gasteiger partial charge in [-0.2, -0.15) is 10.2 Å². The largest absolute Gasteiger partial charge is 0.342 e. The Morgan fingerprint density at radius 3 is 2.59 bits per heavy atom. The molecule has 4 heterocycles. The maximum Gasteiger partial charge on any atom is 0.267 e. The monoisotopic (exact) mass is 543 g/mol. The number of hydrogen-bond acceptors (Lipinski definition) is 6. The summed E-state index contributed by atoms with van der Waals surface area (Å²) in [7, 11) is 1.84. The van der Waals surface area contributed by atoms with Crippen molar-refractivity contribution in [2.75, 3.05) is 0 Å². The molecule has 0 spiro atoms. The molecule has 1 N–H and O–H groups in total. The number of benzene rings is 2. The van der Waals surface area contributed by atoms with Crippen LogP contribution in [0, 0.1) is 25.7 Å². The fraction of sp³-hybridized carbons (Fsp3) is 0.161. The second-order valence-corrected chi connectivity index (χ2v) is 9.56. The molecule has 0 unspecified atom stereocenters. The van der Waals surface area contributed by atoms with E-state index in [1.165, 1.54) is 16.0 Å². The highest BCUT2D eigenvalue weighted by atomic mass is 16.2. The number of fused-ring (bicyclic) bond motifs is 2. The van der Waals surface area contributed by atoms with Gasteiger partial charge >= 0.3 is 0 Å². The lowest BCUT2D eigenvalue weighted by Gasteiger charge is -2.20. The van der Waals surface area contributed by atoms with E-state index < -0.39 is 17.5 Å². The van der Waals surface area contributed by atoms with E-state index in [-0.39, 0.29) is 11.4 Å². The van der Waals surface area contributed by atoms with E-state index in [1.807, 2.05) is 20.0 Å². The predicted molar refractivity (Wildman–Crippen MR) is 155 cm³/mol. The van der Waals surface area contributed by atoms with Gasteiger partial charge in [-0.05, 0) is 51.1 Å². The Morgan fingerprint density at radius 1 is 1.05 bits per heavy atom. The smallest absolute Gasteiger partial charge is 0.267 e. The number of carbonyl (C=O) groups is 1.